The number of aliphatic hydroxyl groups excluding tert-OH is 1. The molecule has 1 atom stereocenters. The summed E-state index contributed by atoms with van der Waals surface area (Å²) in [7, 11) is 0. The number of nitrogens with zero attached hydrogens (tertiary/aromatic N) is 2. The molecule has 0 aliphatic heterocycles. The number of rotatable bonds is 4. The first-order valence-corrected chi connectivity index (χ1v) is 5.22. The van der Waals surface area contributed by atoms with Crippen LogP contribution in [0.1, 0.15) is 24.2 Å². The van der Waals surface area contributed by atoms with Gasteiger partial charge in [0.15, 0.2) is 0 Å². The third-order valence-corrected chi connectivity index (χ3v) is 2.47. The molecule has 92 valence electrons. The van der Waals surface area contributed by atoms with Gasteiger partial charge in [0, 0.05) is 12.6 Å². The molecular formula is C11H15N3O3. The fourth-order valence-electron chi connectivity index (χ4n) is 1.61. The van der Waals surface area contributed by atoms with E-state index >= 15 is 0 Å². The van der Waals surface area contributed by atoms with Crippen molar-refractivity contribution in [2.45, 2.75) is 20.0 Å². The minimum absolute atomic E-state index is 0.0726. The van der Waals surface area contributed by atoms with Gasteiger partial charge in [0.25, 0.3) is 5.56 Å². The maximum absolute atomic E-state index is 11.7. The van der Waals surface area contributed by atoms with Crippen LogP contribution in [0.25, 0.3) is 0 Å². The summed E-state index contributed by atoms with van der Waals surface area (Å²) in [6, 6.07) is 3.16. The first-order valence-electron chi connectivity index (χ1n) is 5.22. The molecule has 0 saturated carbocycles. The van der Waals surface area contributed by atoms with E-state index in [0.29, 0.717) is 12.1 Å². The molecule has 0 amide bonds. The molecule has 0 fully saturated rings. The summed E-state index contributed by atoms with van der Waals surface area (Å²) in [5, 5.41) is 30.3. The lowest BCUT2D eigenvalue weighted by Gasteiger charge is -2.18. The van der Waals surface area contributed by atoms with Gasteiger partial charge in [-0.3, -0.25) is 14.7 Å². The van der Waals surface area contributed by atoms with E-state index in [4.69, 9.17) is 10.4 Å². The van der Waals surface area contributed by atoms with E-state index in [2.05, 4.69) is 5.32 Å². The van der Waals surface area contributed by atoms with Gasteiger partial charge in [-0.2, -0.15) is 5.26 Å². The quantitative estimate of drug-likeness (QED) is 0.675. The van der Waals surface area contributed by atoms with Crippen LogP contribution < -0.4 is 10.9 Å². The van der Waals surface area contributed by atoms with E-state index in [-0.39, 0.29) is 18.1 Å². The average Bonchev–Trinajstić information content (AvgIpc) is 2.26. The van der Waals surface area contributed by atoms with Crippen LogP contribution in [0.3, 0.4) is 0 Å². The van der Waals surface area contributed by atoms with E-state index in [1.54, 1.807) is 13.8 Å². The molecule has 1 rings (SSSR count). The van der Waals surface area contributed by atoms with Crippen LogP contribution >= 0.6 is 0 Å². The minimum Gasteiger partial charge on any atom is -0.493 e. The number of hydrogen-bond donors (Lipinski definition) is 3. The number of nitrogens with one attached hydrogen (secondary N) is 1. The normalized spacial score (nSPS) is 12.1. The van der Waals surface area contributed by atoms with Crippen molar-refractivity contribution in [3.63, 3.8) is 0 Å². The molecule has 0 bridgehead atoms. The van der Waals surface area contributed by atoms with Crippen LogP contribution in [0.5, 0.6) is 5.88 Å². The van der Waals surface area contributed by atoms with Crippen LogP contribution in [-0.2, 0) is 0 Å². The summed E-state index contributed by atoms with van der Waals surface area (Å²) in [5.74, 6) is -0.351. The molecule has 0 aliphatic carbocycles. The molecule has 3 N–H and O–H groups in total. The van der Waals surface area contributed by atoms with Crippen molar-refractivity contribution in [3.05, 3.63) is 27.5 Å². The lowest BCUT2D eigenvalue weighted by molar-refractivity contribution is 0.267. The Morgan fingerprint density at radius 1 is 1.65 bits per heavy atom. The summed E-state index contributed by atoms with van der Waals surface area (Å²) >= 11 is 0. The molecule has 1 unspecified atom stereocenters. The van der Waals surface area contributed by atoms with Gasteiger partial charge in [-0.25, -0.2) is 0 Å². The van der Waals surface area contributed by atoms with Gasteiger partial charge < -0.3 is 10.2 Å². The smallest absolute Gasteiger partial charge is 0.254 e. The minimum atomic E-state index is -0.498. The second-order valence-corrected chi connectivity index (χ2v) is 3.70. The van der Waals surface area contributed by atoms with Gasteiger partial charge in [0.2, 0.25) is 5.88 Å². The van der Waals surface area contributed by atoms with Gasteiger partial charge >= 0.3 is 0 Å². The number of aliphatic hydroxyl groups is 1. The Morgan fingerprint density at radius 2 is 2.29 bits per heavy atom. The summed E-state index contributed by atoms with van der Waals surface area (Å²) in [5.41, 5.74) is 0.139. The highest BCUT2D eigenvalue weighted by atomic mass is 16.3. The summed E-state index contributed by atoms with van der Waals surface area (Å²) in [6.45, 7) is 3.47. The van der Waals surface area contributed by atoms with E-state index in [9.17, 15) is 9.90 Å². The van der Waals surface area contributed by atoms with Crippen LogP contribution in [0.4, 0.5) is 0 Å². The molecule has 17 heavy (non-hydrogen) atoms. The van der Waals surface area contributed by atoms with Gasteiger partial charge in [-0.1, -0.05) is 0 Å². The van der Waals surface area contributed by atoms with Crippen LogP contribution in [-0.4, -0.2) is 27.9 Å². The monoisotopic (exact) mass is 237 g/mol. The van der Waals surface area contributed by atoms with E-state index < -0.39 is 11.7 Å². The molecule has 0 aromatic carbocycles. The number of aromatic nitrogens is 1. The SMILES string of the molecule is Cc1cc(=O)n(C(C)NCCO)c(O)c1C#N. The Kier molecular flexibility index (Phi) is 4.26. The molecule has 0 saturated heterocycles. The Bertz CT molecular complexity index is 502. The fourth-order valence-corrected chi connectivity index (χ4v) is 1.61. The fraction of sp³-hybridized carbons (Fsp3) is 0.455. The molecule has 1 heterocycles. The van der Waals surface area contributed by atoms with E-state index in [1.807, 2.05) is 6.07 Å². The highest BCUT2D eigenvalue weighted by Gasteiger charge is 2.16. The van der Waals surface area contributed by atoms with E-state index in [1.165, 1.54) is 6.07 Å². The van der Waals surface area contributed by atoms with Gasteiger partial charge in [-0.05, 0) is 19.4 Å². The number of nitriles is 1. The van der Waals surface area contributed by atoms with Crippen molar-refractivity contribution >= 4 is 0 Å². The number of aromatic hydroxyl groups is 1. The third-order valence-electron chi connectivity index (χ3n) is 2.47. The first kappa shape index (κ1) is 13.2. The van der Waals surface area contributed by atoms with Crippen LogP contribution in [0, 0.1) is 18.3 Å². The molecule has 6 nitrogen and oxygen atoms in total. The standard InChI is InChI=1S/C11H15N3O3/c1-7-5-10(16)14(8(2)13-3-4-15)11(17)9(7)6-12/h5,8,13,15,17H,3-4H2,1-2H3. The Balaban J connectivity index is 3.25. The van der Waals surface area contributed by atoms with Crippen LogP contribution in [0.15, 0.2) is 10.9 Å². The number of pyridine rings is 1. The van der Waals surface area contributed by atoms with Crippen molar-refractivity contribution in [1.82, 2.24) is 9.88 Å². The van der Waals surface area contributed by atoms with Gasteiger partial charge in [0.1, 0.15) is 11.6 Å². The molecular weight excluding hydrogens is 222 g/mol. The molecule has 6 heteroatoms. The maximum Gasteiger partial charge on any atom is 0.254 e. The van der Waals surface area contributed by atoms with E-state index in [0.717, 1.165) is 4.57 Å². The van der Waals surface area contributed by atoms with Crippen molar-refractivity contribution in [2.24, 2.45) is 0 Å². The predicted molar refractivity (Wildman–Crippen MR) is 61.6 cm³/mol. The number of hydrogen-bond acceptors (Lipinski definition) is 5. The lowest BCUT2D eigenvalue weighted by Crippen LogP contribution is -2.34. The molecule has 0 spiro atoms. The van der Waals surface area contributed by atoms with Crippen molar-refractivity contribution < 1.29 is 10.2 Å². The van der Waals surface area contributed by atoms with Crippen molar-refractivity contribution in [2.75, 3.05) is 13.2 Å². The second kappa shape index (κ2) is 5.48. The average molecular weight is 237 g/mol. The molecule has 1 aromatic rings. The lowest BCUT2D eigenvalue weighted by atomic mass is 10.1. The van der Waals surface area contributed by atoms with Crippen molar-refractivity contribution in [1.29, 1.82) is 5.26 Å². The Morgan fingerprint density at radius 3 is 2.82 bits per heavy atom. The topological polar surface area (TPSA) is 98.3 Å². The highest BCUT2D eigenvalue weighted by molar-refractivity contribution is 5.43. The Hall–Kier alpha value is -1.84. The summed E-state index contributed by atoms with van der Waals surface area (Å²) < 4.78 is 1.08. The summed E-state index contributed by atoms with van der Waals surface area (Å²) in [4.78, 5) is 11.7. The van der Waals surface area contributed by atoms with Crippen molar-refractivity contribution in [3.8, 4) is 11.9 Å². The summed E-state index contributed by atoms with van der Waals surface area (Å²) in [6.07, 6.45) is -0.498. The zero-order chi connectivity index (χ0) is 13.0. The predicted octanol–water partition coefficient (Wildman–Crippen LogP) is -0.166. The molecule has 0 aliphatic rings. The highest BCUT2D eigenvalue weighted by Crippen LogP contribution is 2.19. The zero-order valence-corrected chi connectivity index (χ0v) is 9.77. The Labute approximate surface area is 98.7 Å². The van der Waals surface area contributed by atoms with Gasteiger partial charge in [0.05, 0.1) is 12.8 Å². The maximum atomic E-state index is 11.7. The number of aryl methyl sites for hydroxylation is 1. The van der Waals surface area contributed by atoms with Crippen LogP contribution in [0.2, 0.25) is 0 Å². The third kappa shape index (κ3) is 2.64. The zero-order valence-electron chi connectivity index (χ0n) is 9.77. The first-order chi connectivity index (χ1) is 8.02. The molecule has 0 radical (unpaired) electrons. The second-order valence-electron chi connectivity index (χ2n) is 3.70. The molecule has 1 aromatic heterocycles. The largest absolute Gasteiger partial charge is 0.493 e. The van der Waals surface area contributed by atoms with Gasteiger partial charge in [-0.15, -0.1) is 0 Å².